The average molecular weight is 290 g/mol. The molecule has 0 aliphatic rings. The number of carbonyl (C=O) groups excluding carboxylic acids is 1. The number of aliphatic hydroxyl groups is 1. The van der Waals surface area contributed by atoms with Crippen LogP contribution in [-0.4, -0.2) is 46.7 Å². The standard InChI is InChI=1S/C10H16BrN3O2/c1-10(16,7-15)9-8(11)6-12-14(9)5-4-13(2)3/h6-7,16H,4-5H2,1-3H3. The number of halogens is 1. The van der Waals surface area contributed by atoms with Crippen LogP contribution in [0.2, 0.25) is 0 Å². The maximum Gasteiger partial charge on any atom is 0.159 e. The first-order valence-electron chi connectivity index (χ1n) is 4.93. The molecule has 0 bridgehead atoms. The Kier molecular flexibility index (Phi) is 4.23. The normalized spacial score (nSPS) is 15.1. The van der Waals surface area contributed by atoms with Gasteiger partial charge >= 0.3 is 0 Å². The van der Waals surface area contributed by atoms with Gasteiger partial charge in [0.1, 0.15) is 0 Å². The molecule has 1 atom stereocenters. The first-order chi connectivity index (χ1) is 7.38. The van der Waals surface area contributed by atoms with Gasteiger partial charge in [-0.25, -0.2) is 0 Å². The molecule has 0 spiro atoms. The average Bonchev–Trinajstić information content (AvgIpc) is 2.57. The third-order valence-electron chi connectivity index (χ3n) is 2.26. The van der Waals surface area contributed by atoms with Crippen molar-refractivity contribution < 1.29 is 9.90 Å². The van der Waals surface area contributed by atoms with Crippen LogP contribution in [0.15, 0.2) is 10.7 Å². The molecule has 1 aromatic heterocycles. The predicted octanol–water partition coefficient (Wildman–Crippen LogP) is 0.614. The molecule has 1 rings (SSSR count). The van der Waals surface area contributed by atoms with E-state index >= 15 is 0 Å². The number of nitrogens with zero attached hydrogens (tertiary/aromatic N) is 3. The Hall–Kier alpha value is -0.720. The number of likely N-dealkylation sites (N-methyl/N-ethyl adjacent to an activating group) is 1. The van der Waals surface area contributed by atoms with Gasteiger partial charge < -0.3 is 10.0 Å². The van der Waals surface area contributed by atoms with Crippen LogP contribution >= 0.6 is 15.9 Å². The van der Waals surface area contributed by atoms with Crippen LogP contribution in [0.1, 0.15) is 12.6 Å². The molecule has 0 fully saturated rings. The van der Waals surface area contributed by atoms with Crippen molar-refractivity contribution in [2.45, 2.75) is 19.1 Å². The molecule has 1 unspecified atom stereocenters. The molecule has 16 heavy (non-hydrogen) atoms. The Labute approximate surface area is 103 Å². The molecule has 0 amide bonds. The maximum atomic E-state index is 10.8. The van der Waals surface area contributed by atoms with Crippen molar-refractivity contribution in [3.05, 3.63) is 16.4 Å². The van der Waals surface area contributed by atoms with Crippen LogP contribution in [0.25, 0.3) is 0 Å². The van der Waals surface area contributed by atoms with Crippen molar-refractivity contribution >= 4 is 22.2 Å². The summed E-state index contributed by atoms with van der Waals surface area (Å²) in [7, 11) is 3.91. The van der Waals surface area contributed by atoms with E-state index in [4.69, 9.17) is 0 Å². The van der Waals surface area contributed by atoms with Crippen LogP contribution in [0.3, 0.4) is 0 Å². The van der Waals surface area contributed by atoms with E-state index in [1.807, 2.05) is 19.0 Å². The molecule has 6 heteroatoms. The summed E-state index contributed by atoms with van der Waals surface area (Å²) in [5.41, 5.74) is -1.02. The van der Waals surface area contributed by atoms with E-state index in [9.17, 15) is 9.90 Å². The van der Waals surface area contributed by atoms with E-state index in [-0.39, 0.29) is 0 Å². The second-order valence-corrected chi connectivity index (χ2v) is 4.99. The van der Waals surface area contributed by atoms with Gasteiger partial charge in [-0.2, -0.15) is 5.10 Å². The second-order valence-electron chi connectivity index (χ2n) is 4.13. The summed E-state index contributed by atoms with van der Waals surface area (Å²) in [6, 6.07) is 0. The van der Waals surface area contributed by atoms with Gasteiger partial charge in [0, 0.05) is 6.54 Å². The second kappa shape index (κ2) is 5.07. The number of aldehydes is 1. The summed E-state index contributed by atoms with van der Waals surface area (Å²) < 4.78 is 2.28. The van der Waals surface area contributed by atoms with E-state index in [0.717, 1.165) is 6.54 Å². The fourth-order valence-electron chi connectivity index (χ4n) is 1.39. The molecular weight excluding hydrogens is 274 g/mol. The van der Waals surface area contributed by atoms with Gasteiger partial charge in [-0.05, 0) is 36.9 Å². The quantitative estimate of drug-likeness (QED) is 0.807. The summed E-state index contributed by atoms with van der Waals surface area (Å²) in [5, 5.41) is 14.1. The lowest BCUT2D eigenvalue weighted by Crippen LogP contribution is -2.29. The Morgan fingerprint density at radius 3 is 2.81 bits per heavy atom. The van der Waals surface area contributed by atoms with E-state index in [1.54, 1.807) is 10.9 Å². The monoisotopic (exact) mass is 289 g/mol. The van der Waals surface area contributed by atoms with Gasteiger partial charge in [-0.1, -0.05) is 0 Å². The summed E-state index contributed by atoms with van der Waals surface area (Å²) in [4.78, 5) is 12.9. The van der Waals surface area contributed by atoms with Crippen LogP contribution in [0.4, 0.5) is 0 Å². The van der Waals surface area contributed by atoms with E-state index < -0.39 is 5.60 Å². The third kappa shape index (κ3) is 2.90. The van der Waals surface area contributed by atoms with E-state index in [1.165, 1.54) is 6.92 Å². The number of rotatable bonds is 5. The fraction of sp³-hybridized carbons (Fsp3) is 0.600. The number of hydrogen-bond acceptors (Lipinski definition) is 4. The molecule has 1 aromatic rings. The van der Waals surface area contributed by atoms with Crippen molar-refractivity contribution in [2.24, 2.45) is 0 Å². The van der Waals surface area contributed by atoms with Crippen LogP contribution in [0.5, 0.6) is 0 Å². The van der Waals surface area contributed by atoms with Crippen molar-refractivity contribution in [1.29, 1.82) is 0 Å². The minimum Gasteiger partial charge on any atom is -0.376 e. The van der Waals surface area contributed by atoms with Gasteiger partial charge in [0.25, 0.3) is 0 Å². The van der Waals surface area contributed by atoms with Crippen LogP contribution < -0.4 is 0 Å². The van der Waals surface area contributed by atoms with Gasteiger partial charge in [0.05, 0.1) is 22.9 Å². The summed E-state index contributed by atoms with van der Waals surface area (Å²) >= 11 is 3.28. The highest BCUT2D eigenvalue weighted by Gasteiger charge is 2.29. The van der Waals surface area contributed by atoms with Gasteiger partial charge in [-0.15, -0.1) is 0 Å². The largest absolute Gasteiger partial charge is 0.376 e. The minimum absolute atomic E-state index is 0.490. The van der Waals surface area contributed by atoms with Gasteiger partial charge in [0.2, 0.25) is 0 Å². The molecule has 1 N–H and O–H groups in total. The number of carbonyl (C=O) groups is 1. The Balaban J connectivity index is 2.99. The third-order valence-corrected chi connectivity index (χ3v) is 2.84. The molecule has 0 aliphatic carbocycles. The lowest BCUT2D eigenvalue weighted by Gasteiger charge is -2.19. The Bertz CT molecular complexity index is 374. The van der Waals surface area contributed by atoms with Crippen LogP contribution in [0, 0.1) is 0 Å². The van der Waals surface area contributed by atoms with Crippen molar-refractivity contribution in [2.75, 3.05) is 20.6 Å². The molecule has 1 heterocycles. The van der Waals surface area contributed by atoms with Crippen molar-refractivity contribution in [1.82, 2.24) is 14.7 Å². The molecule has 5 nitrogen and oxygen atoms in total. The fourth-order valence-corrected chi connectivity index (χ4v) is 2.08. The van der Waals surface area contributed by atoms with Crippen molar-refractivity contribution in [3.63, 3.8) is 0 Å². The first-order valence-corrected chi connectivity index (χ1v) is 5.73. The highest BCUT2D eigenvalue weighted by Crippen LogP contribution is 2.26. The lowest BCUT2D eigenvalue weighted by molar-refractivity contribution is -0.123. The SMILES string of the molecule is CN(C)CCn1ncc(Br)c1C(C)(O)C=O. The topological polar surface area (TPSA) is 58.4 Å². The Morgan fingerprint density at radius 1 is 1.69 bits per heavy atom. The predicted molar refractivity (Wildman–Crippen MR) is 64.1 cm³/mol. The summed E-state index contributed by atoms with van der Waals surface area (Å²) in [5.74, 6) is 0. The molecule has 0 aliphatic heterocycles. The highest BCUT2D eigenvalue weighted by molar-refractivity contribution is 9.10. The molecule has 0 radical (unpaired) electrons. The van der Waals surface area contributed by atoms with E-state index in [0.29, 0.717) is 23.0 Å². The van der Waals surface area contributed by atoms with Crippen molar-refractivity contribution in [3.8, 4) is 0 Å². The van der Waals surface area contributed by atoms with Gasteiger partial charge in [-0.3, -0.25) is 9.48 Å². The molecule has 0 aromatic carbocycles. The van der Waals surface area contributed by atoms with E-state index in [2.05, 4.69) is 21.0 Å². The highest BCUT2D eigenvalue weighted by atomic mass is 79.9. The number of aromatic nitrogens is 2. The Morgan fingerprint density at radius 2 is 2.31 bits per heavy atom. The zero-order valence-corrected chi connectivity index (χ0v) is 11.2. The molecule has 0 saturated heterocycles. The summed E-state index contributed by atoms with van der Waals surface area (Å²) in [6.45, 7) is 2.86. The molecule has 0 saturated carbocycles. The smallest absolute Gasteiger partial charge is 0.159 e. The minimum atomic E-state index is -1.51. The van der Waals surface area contributed by atoms with Gasteiger partial charge in [0.15, 0.2) is 11.9 Å². The maximum absolute atomic E-state index is 10.8. The lowest BCUT2D eigenvalue weighted by atomic mass is 10.1. The van der Waals surface area contributed by atoms with Crippen LogP contribution in [-0.2, 0) is 16.9 Å². The number of hydrogen-bond donors (Lipinski definition) is 1. The summed E-state index contributed by atoms with van der Waals surface area (Å²) in [6.07, 6.45) is 2.10. The molecule has 90 valence electrons. The molecular formula is C10H16BrN3O2. The zero-order valence-electron chi connectivity index (χ0n) is 9.64. The first kappa shape index (κ1) is 13.3. The zero-order chi connectivity index (χ0) is 12.3.